The standard InChI is InChI=1S/C19H23ClN6O/c1-14(25-10-2-3-17(8-11-25)26-12-9-21-24-26)19-22-18(23-27-19)13-15-4-6-16(20)7-5-15/h4-7,9,12,14,17H,2-3,8,10-11,13H2,1H3. The molecule has 142 valence electrons. The van der Waals surface area contributed by atoms with E-state index in [1.807, 2.05) is 35.1 Å². The highest BCUT2D eigenvalue weighted by Gasteiger charge is 2.26. The Hall–Kier alpha value is -2.25. The quantitative estimate of drug-likeness (QED) is 0.665. The Kier molecular flexibility index (Phi) is 5.50. The van der Waals surface area contributed by atoms with Gasteiger partial charge in [-0.3, -0.25) is 4.90 Å². The molecule has 2 atom stereocenters. The summed E-state index contributed by atoms with van der Waals surface area (Å²) in [6, 6.07) is 8.24. The first-order chi connectivity index (χ1) is 13.2. The van der Waals surface area contributed by atoms with Crippen molar-refractivity contribution < 1.29 is 4.52 Å². The van der Waals surface area contributed by atoms with E-state index < -0.39 is 0 Å². The Labute approximate surface area is 163 Å². The summed E-state index contributed by atoms with van der Waals surface area (Å²) in [5.41, 5.74) is 1.12. The third kappa shape index (κ3) is 4.36. The van der Waals surface area contributed by atoms with Crippen LogP contribution in [0.1, 0.15) is 55.5 Å². The van der Waals surface area contributed by atoms with Crippen LogP contribution in [0.25, 0.3) is 0 Å². The molecule has 3 heterocycles. The van der Waals surface area contributed by atoms with E-state index in [0.29, 0.717) is 24.2 Å². The maximum absolute atomic E-state index is 5.94. The lowest BCUT2D eigenvalue weighted by Gasteiger charge is -2.24. The Morgan fingerprint density at radius 1 is 1.22 bits per heavy atom. The van der Waals surface area contributed by atoms with Crippen molar-refractivity contribution in [1.82, 2.24) is 30.0 Å². The summed E-state index contributed by atoms with van der Waals surface area (Å²) in [6.07, 6.45) is 7.59. The Morgan fingerprint density at radius 2 is 2.07 bits per heavy atom. The van der Waals surface area contributed by atoms with Gasteiger partial charge in [0, 0.05) is 24.2 Å². The first-order valence-electron chi connectivity index (χ1n) is 9.36. The molecule has 1 aromatic carbocycles. The van der Waals surface area contributed by atoms with E-state index in [0.717, 1.165) is 42.9 Å². The molecule has 0 aliphatic carbocycles. The smallest absolute Gasteiger partial charge is 0.243 e. The SMILES string of the molecule is CC(c1nc(Cc2ccc(Cl)cc2)no1)N1CCCC(n2ccnn2)CC1. The van der Waals surface area contributed by atoms with Gasteiger partial charge in [0.05, 0.1) is 18.3 Å². The van der Waals surface area contributed by atoms with E-state index in [4.69, 9.17) is 16.1 Å². The fourth-order valence-corrected chi connectivity index (χ4v) is 3.74. The van der Waals surface area contributed by atoms with Crippen molar-refractivity contribution in [2.75, 3.05) is 13.1 Å². The van der Waals surface area contributed by atoms with Gasteiger partial charge in [0.2, 0.25) is 5.89 Å². The molecule has 0 radical (unpaired) electrons. The zero-order valence-electron chi connectivity index (χ0n) is 15.3. The van der Waals surface area contributed by atoms with Crippen LogP contribution in [0, 0.1) is 0 Å². The van der Waals surface area contributed by atoms with Gasteiger partial charge in [-0.1, -0.05) is 34.1 Å². The molecule has 8 heteroatoms. The molecule has 7 nitrogen and oxygen atoms in total. The van der Waals surface area contributed by atoms with Crippen LogP contribution in [-0.4, -0.2) is 43.1 Å². The Balaban J connectivity index is 1.38. The van der Waals surface area contributed by atoms with E-state index in [2.05, 4.69) is 32.3 Å². The van der Waals surface area contributed by atoms with E-state index >= 15 is 0 Å². The first-order valence-corrected chi connectivity index (χ1v) is 9.73. The number of hydrogen-bond acceptors (Lipinski definition) is 6. The summed E-state index contributed by atoms with van der Waals surface area (Å²) >= 11 is 5.94. The third-order valence-electron chi connectivity index (χ3n) is 5.21. The highest BCUT2D eigenvalue weighted by Crippen LogP contribution is 2.27. The fraction of sp³-hybridized carbons (Fsp3) is 0.474. The van der Waals surface area contributed by atoms with Crippen molar-refractivity contribution >= 4 is 11.6 Å². The molecule has 27 heavy (non-hydrogen) atoms. The second-order valence-electron chi connectivity index (χ2n) is 7.03. The lowest BCUT2D eigenvalue weighted by atomic mass is 10.1. The second-order valence-corrected chi connectivity index (χ2v) is 7.47. The van der Waals surface area contributed by atoms with Gasteiger partial charge in [0.15, 0.2) is 5.82 Å². The molecule has 0 saturated carbocycles. The second kappa shape index (κ2) is 8.19. The Morgan fingerprint density at radius 3 is 2.85 bits per heavy atom. The van der Waals surface area contributed by atoms with E-state index in [1.165, 1.54) is 0 Å². The highest BCUT2D eigenvalue weighted by molar-refractivity contribution is 6.30. The molecule has 0 amide bonds. The summed E-state index contributed by atoms with van der Waals surface area (Å²) in [5.74, 6) is 1.38. The Bertz CT molecular complexity index is 847. The van der Waals surface area contributed by atoms with Crippen LogP contribution in [0.3, 0.4) is 0 Å². The number of hydrogen-bond donors (Lipinski definition) is 0. The average molecular weight is 387 g/mol. The number of rotatable bonds is 5. The average Bonchev–Trinajstić information content (AvgIpc) is 3.31. The molecular weight excluding hydrogens is 364 g/mol. The normalized spacial score (nSPS) is 19.7. The van der Waals surface area contributed by atoms with Gasteiger partial charge in [0.25, 0.3) is 0 Å². The molecule has 4 rings (SSSR count). The van der Waals surface area contributed by atoms with Gasteiger partial charge < -0.3 is 4.52 Å². The van der Waals surface area contributed by atoms with E-state index in [1.54, 1.807) is 6.20 Å². The summed E-state index contributed by atoms with van der Waals surface area (Å²) < 4.78 is 7.54. The summed E-state index contributed by atoms with van der Waals surface area (Å²) in [4.78, 5) is 7.04. The van der Waals surface area contributed by atoms with Crippen LogP contribution >= 0.6 is 11.6 Å². The van der Waals surface area contributed by atoms with Gasteiger partial charge in [-0.05, 0) is 50.4 Å². The predicted molar refractivity (Wildman–Crippen MR) is 101 cm³/mol. The minimum Gasteiger partial charge on any atom is -0.338 e. The largest absolute Gasteiger partial charge is 0.338 e. The number of aromatic nitrogens is 5. The summed E-state index contributed by atoms with van der Waals surface area (Å²) in [5, 5.41) is 13.0. The molecule has 1 aliphatic heterocycles. The lowest BCUT2D eigenvalue weighted by Crippen LogP contribution is -2.28. The first kappa shape index (κ1) is 18.1. The molecule has 1 saturated heterocycles. The highest BCUT2D eigenvalue weighted by atomic mass is 35.5. The van der Waals surface area contributed by atoms with Crippen LogP contribution in [0.4, 0.5) is 0 Å². The summed E-state index contributed by atoms with van der Waals surface area (Å²) in [6.45, 7) is 4.12. The molecule has 2 unspecified atom stereocenters. The van der Waals surface area contributed by atoms with Gasteiger partial charge in [-0.2, -0.15) is 4.98 Å². The fourth-order valence-electron chi connectivity index (χ4n) is 3.61. The third-order valence-corrected chi connectivity index (χ3v) is 5.46. The van der Waals surface area contributed by atoms with Gasteiger partial charge >= 0.3 is 0 Å². The monoisotopic (exact) mass is 386 g/mol. The van der Waals surface area contributed by atoms with Crippen LogP contribution in [0.2, 0.25) is 5.02 Å². The zero-order chi connectivity index (χ0) is 18.6. The van der Waals surface area contributed by atoms with Crippen molar-refractivity contribution in [2.45, 2.75) is 44.7 Å². The molecule has 0 N–H and O–H groups in total. The minimum absolute atomic E-state index is 0.103. The van der Waals surface area contributed by atoms with Gasteiger partial charge in [-0.15, -0.1) is 5.10 Å². The van der Waals surface area contributed by atoms with Crippen molar-refractivity contribution in [3.63, 3.8) is 0 Å². The van der Waals surface area contributed by atoms with Crippen LogP contribution < -0.4 is 0 Å². The molecule has 2 aromatic heterocycles. The van der Waals surface area contributed by atoms with Crippen LogP contribution in [0.5, 0.6) is 0 Å². The van der Waals surface area contributed by atoms with E-state index in [9.17, 15) is 0 Å². The molecule has 0 spiro atoms. The lowest BCUT2D eigenvalue weighted by molar-refractivity contribution is 0.176. The maximum Gasteiger partial charge on any atom is 0.243 e. The van der Waals surface area contributed by atoms with Crippen molar-refractivity contribution in [3.05, 3.63) is 59.0 Å². The molecule has 1 aliphatic rings. The van der Waals surface area contributed by atoms with Crippen LogP contribution in [-0.2, 0) is 6.42 Å². The molecule has 1 fully saturated rings. The molecular formula is C19H23ClN6O. The molecule has 3 aromatic rings. The number of benzene rings is 1. The number of halogens is 1. The van der Waals surface area contributed by atoms with Gasteiger partial charge in [0.1, 0.15) is 0 Å². The molecule has 0 bridgehead atoms. The predicted octanol–water partition coefficient (Wildman–Crippen LogP) is 3.69. The van der Waals surface area contributed by atoms with Crippen molar-refractivity contribution in [1.29, 1.82) is 0 Å². The van der Waals surface area contributed by atoms with Crippen molar-refractivity contribution in [3.8, 4) is 0 Å². The van der Waals surface area contributed by atoms with Crippen molar-refractivity contribution in [2.24, 2.45) is 0 Å². The van der Waals surface area contributed by atoms with Crippen LogP contribution in [0.15, 0.2) is 41.2 Å². The van der Waals surface area contributed by atoms with E-state index in [-0.39, 0.29) is 6.04 Å². The number of likely N-dealkylation sites (tertiary alicyclic amines) is 1. The zero-order valence-corrected chi connectivity index (χ0v) is 16.1. The van der Waals surface area contributed by atoms with Gasteiger partial charge in [-0.25, -0.2) is 4.68 Å². The maximum atomic E-state index is 5.94. The summed E-state index contributed by atoms with van der Waals surface area (Å²) in [7, 11) is 0. The number of nitrogens with zero attached hydrogens (tertiary/aromatic N) is 6. The topological polar surface area (TPSA) is 72.9 Å². The minimum atomic E-state index is 0.103.